The second kappa shape index (κ2) is 5.94. The maximum Gasteiger partial charge on any atom is 0.251 e. The minimum atomic E-state index is -0.594. The third-order valence-corrected chi connectivity index (χ3v) is 4.26. The fraction of sp³-hybridized carbons (Fsp3) is 0.529. The van der Waals surface area contributed by atoms with Crippen LogP contribution in [0.5, 0.6) is 0 Å². The molecule has 1 aliphatic heterocycles. The summed E-state index contributed by atoms with van der Waals surface area (Å²) >= 11 is 0. The maximum absolute atomic E-state index is 12.5. The number of nitrogens with one attached hydrogen (secondary N) is 2. The Morgan fingerprint density at radius 1 is 1.48 bits per heavy atom. The lowest BCUT2D eigenvalue weighted by Crippen LogP contribution is -2.52. The van der Waals surface area contributed by atoms with Gasteiger partial charge >= 0.3 is 0 Å². The summed E-state index contributed by atoms with van der Waals surface area (Å²) in [4.78, 5) is 17.2. The van der Waals surface area contributed by atoms with E-state index >= 15 is 0 Å². The van der Waals surface area contributed by atoms with E-state index in [9.17, 15) is 4.79 Å². The maximum atomic E-state index is 12.5. The Labute approximate surface area is 136 Å². The highest BCUT2D eigenvalue weighted by atomic mass is 16.5. The van der Waals surface area contributed by atoms with Crippen LogP contribution in [0.1, 0.15) is 30.9 Å². The quantitative estimate of drug-likeness (QED) is 0.895. The summed E-state index contributed by atoms with van der Waals surface area (Å²) in [5.41, 5.74) is 2.64. The highest BCUT2D eigenvalue weighted by Gasteiger charge is 2.32. The molecule has 0 radical (unpaired) electrons. The standard InChI is InChI=1S/C17H24N4O2/c1-11-6-5-8-21-14(11)12(2)19-16(21)17(3,4)20-15(22)13-10-18-7-9-23-13/h5-6,8,13,18H,7,9-10H2,1-4H3,(H,20,22)/t13-/m0/s1. The summed E-state index contributed by atoms with van der Waals surface area (Å²) in [7, 11) is 0. The van der Waals surface area contributed by atoms with Gasteiger partial charge in [0.15, 0.2) is 0 Å². The monoisotopic (exact) mass is 316 g/mol. The molecule has 1 saturated heterocycles. The summed E-state index contributed by atoms with van der Waals surface area (Å²) in [6.07, 6.45) is 1.54. The molecular formula is C17H24N4O2. The van der Waals surface area contributed by atoms with E-state index in [1.807, 2.05) is 33.0 Å². The average Bonchev–Trinajstić information content (AvgIpc) is 2.87. The van der Waals surface area contributed by atoms with E-state index < -0.39 is 11.6 Å². The number of carbonyl (C=O) groups excluding carboxylic acids is 1. The van der Waals surface area contributed by atoms with Crippen LogP contribution in [-0.2, 0) is 15.1 Å². The number of imidazole rings is 1. The van der Waals surface area contributed by atoms with Crippen LogP contribution in [0.3, 0.4) is 0 Å². The minimum absolute atomic E-state index is 0.107. The molecule has 2 aromatic rings. The first kappa shape index (κ1) is 16.0. The third-order valence-electron chi connectivity index (χ3n) is 4.26. The van der Waals surface area contributed by atoms with Crippen LogP contribution in [-0.4, -0.2) is 41.1 Å². The van der Waals surface area contributed by atoms with Gasteiger partial charge in [0.25, 0.3) is 5.91 Å². The Morgan fingerprint density at radius 3 is 2.96 bits per heavy atom. The average molecular weight is 316 g/mol. The van der Waals surface area contributed by atoms with Crippen LogP contribution in [0.2, 0.25) is 0 Å². The van der Waals surface area contributed by atoms with Crippen molar-refractivity contribution >= 4 is 11.4 Å². The van der Waals surface area contributed by atoms with E-state index in [0.29, 0.717) is 13.2 Å². The van der Waals surface area contributed by atoms with Gasteiger partial charge < -0.3 is 19.8 Å². The molecule has 0 bridgehead atoms. The van der Waals surface area contributed by atoms with E-state index in [-0.39, 0.29) is 5.91 Å². The van der Waals surface area contributed by atoms with Crippen molar-refractivity contribution in [3.8, 4) is 0 Å². The fourth-order valence-electron chi connectivity index (χ4n) is 3.14. The summed E-state index contributed by atoms with van der Waals surface area (Å²) in [5, 5.41) is 6.26. The Morgan fingerprint density at radius 2 is 2.26 bits per heavy atom. The number of ether oxygens (including phenoxy) is 1. The molecule has 6 heteroatoms. The summed E-state index contributed by atoms with van der Waals surface area (Å²) in [6, 6.07) is 4.07. The van der Waals surface area contributed by atoms with Gasteiger partial charge in [-0.3, -0.25) is 4.79 Å². The number of rotatable bonds is 3. The smallest absolute Gasteiger partial charge is 0.251 e. The highest BCUT2D eigenvalue weighted by Crippen LogP contribution is 2.25. The molecule has 0 unspecified atom stereocenters. The number of pyridine rings is 1. The summed E-state index contributed by atoms with van der Waals surface area (Å²) < 4.78 is 7.59. The van der Waals surface area contributed by atoms with Crippen LogP contribution >= 0.6 is 0 Å². The van der Waals surface area contributed by atoms with Gasteiger partial charge in [0, 0.05) is 19.3 Å². The second-order valence-electron chi connectivity index (χ2n) is 6.61. The van der Waals surface area contributed by atoms with Gasteiger partial charge in [-0.15, -0.1) is 0 Å². The number of amides is 1. The molecular weight excluding hydrogens is 292 g/mol. The minimum Gasteiger partial charge on any atom is -0.366 e. The van der Waals surface area contributed by atoms with Crippen molar-refractivity contribution in [3.05, 3.63) is 35.4 Å². The molecule has 3 heterocycles. The summed E-state index contributed by atoms with van der Waals surface area (Å²) in [6.45, 7) is 9.90. The lowest BCUT2D eigenvalue weighted by Gasteiger charge is -2.29. The van der Waals surface area contributed by atoms with E-state index in [4.69, 9.17) is 9.72 Å². The molecule has 0 saturated carbocycles. The van der Waals surface area contributed by atoms with Crippen molar-refractivity contribution in [1.29, 1.82) is 0 Å². The number of aromatic nitrogens is 2. The lowest BCUT2D eigenvalue weighted by molar-refractivity contribution is -0.136. The van der Waals surface area contributed by atoms with Gasteiger partial charge in [-0.25, -0.2) is 4.98 Å². The number of fused-ring (bicyclic) bond motifs is 1. The molecule has 2 N–H and O–H groups in total. The number of hydrogen-bond donors (Lipinski definition) is 2. The highest BCUT2D eigenvalue weighted by molar-refractivity contribution is 5.82. The molecule has 0 aromatic carbocycles. The molecule has 3 rings (SSSR count). The molecule has 1 aliphatic rings. The van der Waals surface area contributed by atoms with E-state index in [0.717, 1.165) is 23.6 Å². The third kappa shape index (κ3) is 2.96. The lowest BCUT2D eigenvalue weighted by atomic mass is 10.0. The van der Waals surface area contributed by atoms with Gasteiger partial charge in [-0.1, -0.05) is 6.07 Å². The molecule has 1 atom stereocenters. The number of carbonyl (C=O) groups is 1. The van der Waals surface area contributed by atoms with Crippen molar-refractivity contribution in [2.45, 2.75) is 39.3 Å². The normalized spacial score (nSPS) is 19.0. The Kier molecular flexibility index (Phi) is 4.12. The second-order valence-corrected chi connectivity index (χ2v) is 6.61. The van der Waals surface area contributed by atoms with Crippen LogP contribution in [0.15, 0.2) is 18.3 Å². The number of hydrogen-bond acceptors (Lipinski definition) is 4. The van der Waals surface area contributed by atoms with Crippen LogP contribution in [0.25, 0.3) is 5.52 Å². The summed E-state index contributed by atoms with van der Waals surface area (Å²) in [5.74, 6) is 0.718. The zero-order valence-corrected chi connectivity index (χ0v) is 14.1. The number of morpholine rings is 1. The van der Waals surface area contributed by atoms with E-state index in [1.54, 1.807) is 0 Å². The molecule has 1 amide bonds. The topological polar surface area (TPSA) is 67.7 Å². The van der Waals surface area contributed by atoms with Gasteiger partial charge in [0.05, 0.1) is 23.4 Å². The Balaban J connectivity index is 1.90. The van der Waals surface area contributed by atoms with Gasteiger partial charge in [-0.2, -0.15) is 0 Å². The van der Waals surface area contributed by atoms with Crippen molar-refractivity contribution in [2.75, 3.05) is 19.7 Å². The van der Waals surface area contributed by atoms with Gasteiger partial charge in [0.2, 0.25) is 0 Å². The molecule has 0 aliphatic carbocycles. The largest absolute Gasteiger partial charge is 0.366 e. The fourth-order valence-corrected chi connectivity index (χ4v) is 3.14. The Bertz CT molecular complexity index is 730. The van der Waals surface area contributed by atoms with Crippen molar-refractivity contribution < 1.29 is 9.53 Å². The zero-order valence-electron chi connectivity index (χ0n) is 14.1. The number of aryl methyl sites for hydroxylation is 2. The number of nitrogens with zero attached hydrogens (tertiary/aromatic N) is 2. The first-order valence-electron chi connectivity index (χ1n) is 7.99. The van der Waals surface area contributed by atoms with Crippen molar-refractivity contribution in [3.63, 3.8) is 0 Å². The molecule has 0 spiro atoms. The molecule has 2 aromatic heterocycles. The van der Waals surface area contributed by atoms with E-state index in [2.05, 4.69) is 28.0 Å². The van der Waals surface area contributed by atoms with E-state index in [1.165, 1.54) is 5.56 Å². The molecule has 124 valence electrons. The Hall–Kier alpha value is -1.92. The van der Waals surface area contributed by atoms with Crippen molar-refractivity contribution in [2.24, 2.45) is 0 Å². The predicted octanol–water partition coefficient (Wildman–Crippen LogP) is 1.29. The van der Waals surface area contributed by atoms with Crippen LogP contribution < -0.4 is 10.6 Å². The first-order chi connectivity index (χ1) is 10.9. The molecule has 23 heavy (non-hydrogen) atoms. The van der Waals surface area contributed by atoms with Crippen LogP contribution in [0.4, 0.5) is 0 Å². The SMILES string of the molecule is Cc1cccn2c(C(C)(C)NC(=O)[C@@H]3CNCCO3)nc(C)c12. The zero-order chi connectivity index (χ0) is 16.6. The van der Waals surface area contributed by atoms with Gasteiger partial charge in [-0.05, 0) is 39.3 Å². The molecule has 6 nitrogen and oxygen atoms in total. The first-order valence-corrected chi connectivity index (χ1v) is 7.99. The van der Waals surface area contributed by atoms with Crippen molar-refractivity contribution in [1.82, 2.24) is 20.0 Å². The predicted molar refractivity (Wildman–Crippen MR) is 88.4 cm³/mol. The van der Waals surface area contributed by atoms with Gasteiger partial charge in [0.1, 0.15) is 11.9 Å². The molecule has 1 fully saturated rings. The van der Waals surface area contributed by atoms with Crippen LogP contribution in [0, 0.1) is 13.8 Å².